The van der Waals surface area contributed by atoms with Crippen LogP contribution in [0.3, 0.4) is 0 Å². The summed E-state index contributed by atoms with van der Waals surface area (Å²) in [6, 6.07) is 12.7. The van der Waals surface area contributed by atoms with Gasteiger partial charge in [0.1, 0.15) is 6.61 Å². The number of rotatable bonds is 6. The third kappa shape index (κ3) is 4.37. The molecule has 0 aliphatic rings. The molecule has 0 saturated carbocycles. The molecule has 1 N–H and O–H groups in total. The van der Waals surface area contributed by atoms with Gasteiger partial charge >= 0.3 is 5.97 Å². The first-order chi connectivity index (χ1) is 11.5. The minimum atomic E-state index is -1.03. The first kappa shape index (κ1) is 17.6. The summed E-state index contributed by atoms with van der Waals surface area (Å²) in [4.78, 5) is 10.6. The van der Waals surface area contributed by atoms with Crippen LogP contribution in [0.4, 0.5) is 0 Å². The maximum Gasteiger partial charge on any atom is 0.328 e. The van der Waals surface area contributed by atoms with Crippen molar-refractivity contribution in [1.82, 2.24) is 0 Å². The predicted molar refractivity (Wildman–Crippen MR) is 92.9 cm³/mol. The summed E-state index contributed by atoms with van der Waals surface area (Å²) in [5.41, 5.74) is 1.98. The summed E-state index contributed by atoms with van der Waals surface area (Å²) >= 11 is 3.38. The van der Waals surface area contributed by atoms with Crippen molar-refractivity contribution in [3.8, 4) is 17.6 Å². The molecule has 5 nitrogen and oxygen atoms in total. The SMILES string of the molecule is COc1cc(/C=C/C(=O)O)c(Br)cc1OCc1ccccc1C#N. The third-order valence-electron chi connectivity index (χ3n) is 3.21. The molecular formula is C18H14BrNO4. The first-order valence-electron chi connectivity index (χ1n) is 6.94. The second-order valence-corrected chi connectivity index (χ2v) is 5.61. The minimum absolute atomic E-state index is 0.219. The number of carboxylic acid groups (broad SMARTS) is 1. The second kappa shape index (κ2) is 8.18. The fourth-order valence-electron chi connectivity index (χ4n) is 2.02. The van der Waals surface area contributed by atoms with Crippen LogP contribution < -0.4 is 9.47 Å². The van der Waals surface area contributed by atoms with Crippen molar-refractivity contribution in [2.24, 2.45) is 0 Å². The molecule has 2 aromatic carbocycles. The molecule has 0 aromatic heterocycles. The number of hydrogen-bond donors (Lipinski definition) is 1. The lowest BCUT2D eigenvalue weighted by molar-refractivity contribution is -0.131. The van der Waals surface area contributed by atoms with Crippen LogP contribution in [-0.2, 0) is 11.4 Å². The van der Waals surface area contributed by atoms with E-state index in [2.05, 4.69) is 22.0 Å². The van der Waals surface area contributed by atoms with E-state index in [4.69, 9.17) is 19.8 Å². The van der Waals surface area contributed by atoms with Crippen LogP contribution in [0.15, 0.2) is 46.9 Å². The van der Waals surface area contributed by atoms with E-state index >= 15 is 0 Å². The molecule has 0 amide bonds. The van der Waals surface area contributed by atoms with Crippen molar-refractivity contribution in [2.75, 3.05) is 7.11 Å². The number of benzene rings is 2. The molecule has 0 heterocycles. The summed E-state index contributed by atoms with van der Waals surface area (Å²) < 4.78 is 11.7. The van der Waals surface area contributed by atoms with E-state index in [-0.39, 0.29) is 6.61 Å². The minimum Gasteiger partial charge on any atom is -0.493 e. The van der Waals surface area contributed by atoms with E-state index < -0.39 is 5.97 Å². The molecule has 2 aromatic rings. The molecule has 0 bridgehead atoms. The van der Waals surface area contributed by atoms with Crippen LogP contribution in [0.2, 0.25) is 0 Å². The van der Waals surface area contributed by atoms with Crippen LogP contribution >= 0.6 is 15.9 Å². The maximum atomic E-state index is 10.6. The molecule has 24 heavy (non-hydrogen) atoms. The van der Waals surface area contributed by atoms with Gasteiger partial charge in [-0.2, -0.15) is 5.26 Å². The van der Waals surface area contributed by atoms with E-state index in [1.54, 1.807) is 24.3 Å². The normalized spacial score (nSPS) is 10.4. The van der Waals surface area contributed by atoms with Crippen molar-refractivity contribution in [1.29, 1.82) is 5.26 Å². The predicted octanol–water partition coefficient (Wildman–Crippen LogP) is 4.01. The molecule has 6 heteroatoms. The lowest BCUT2D eigenvalue weighted by Crippen LogP contribution is -2.00. The monoisotopic (exact) mass is 387 g/mol. The fraction of sp³-hybridized carbons (Fsp3) is 0.111. The lowest BCUT2D eigenvalue weighted by Gasteiger charge is -2.13. The third-order valence-corrected chi connectivity index (χ3v) is 3.90. The molecule has 0 saturated heterocycles. The number of carboxylic acids is 1. The zero-order valence-corrected chi connectivity index (χ0v) is 14.4. The highest BCUT2D eigenvalue weighted by atomic mass is 79.9. The number of carbonyl (C=O) groups is 1. The van der Waals surface area contributed by atoms with Gasteiger partial charge in [-0.1, -0.05) is 34.1 Å². The van der Waals surface area contributed by atoms with Gasteiger partial charge in [-0.25, -0.2) is 4.79 Å². The molecule has 0 unspecified atom stereocenters. The number of halogens is 1. The second-order valence-electron chi connectivity index (χ2n) is 4.75. The molecule has 2 rings (SSSR count). The number of ether oxygens (including phenoxy) is 2. The van der Waals surface area contributed by atoms with Crippen LogP contribution in [0, 0.1) is 11.3 Å². The quantitative estimate of drug-likeness (QED) is 0.757. The first-order valence-corrected chi connectivity index (χ1v) is 7.73. The van der Waals surface area contributed by atoms with E-state index in [0.717, 1.165) is 11.6 Å². The summed E-state index contributed by atoms with van der Waals surface area (Å²) in [5.74, 6) is -0.0726. The van der Waals surface area contributed by atoms with Crippen LogP contribution in [0.25, 0.3) is 6.08 Å². The Morgan fingerprint density at radius 3 is 2.75 bits per heavy atom. The van der Waals surface area contributed by atoms with E-state index in [1.165, 1.54) is 13.2 Å². The summed E-state index contributed by atoms with van der Waals surface area (Å²) in [6.45, 7) is 0.219. The number of nitriles is 1. The van der Waals surface area contributed by atoms with Crippen molar-refractivity contribution >= 4 is 28.0 Å². The molecular weight excluding hydrogens is 374 g/mol. The fourth-order valence-corrected chi connectivity index (χ4v) is 2.48. The smallest absolute Gasteiger partial charge is 0.328 e. The van der Waals surface area contributed by atoms with Gasteiger partial charge in [0.05, 0.1) is 18.7 Å². The highest BCUT2D eigenvalue weighted by Gasteiger charge is 2.10. The number of aliphatic carboxylic acids is 1. The summed E-state index contributed by atoms with van der Waals surface area (Å²) in [7, 11) is 1.50. The number of hydrogen-bond acceptors (Lipinski definition) is 4. The Hall–Kier alpha value is -2.78. The van der Waals surface area contributed by atoms with Crippen LogP contribution in [0.1, 0.15) is 16.7 Å². The molecule has 0 spiro atoms. The Bertz CT molecular complexity index is 824. The Morgan fingerprint density at radius 1 is 1.33 bits per heavy atom. The highest BCUT2D eigenvalue weighted by molar-refractivity contribution is 9.10. The Morgan fingerprint density at radius 2 is 2.08 bits per heavy atom. The highest BCUT2D eigenvalue weighted by Crippen LogP contribution is 2.34. The molecule has 0 aliphatic carbocycles. The molecule has 0 fully saturated rings. The van der Waals surface area contributed by atoms with Crippen molar-refractivity contribution in [3.05, 3.63) is 63.6 Å². The van der Waals surface area contributed by atoms with Crippen molar-refractivity contribution in [3.63, 3.8) is 0 Å². The van der Waals surface area contributed by atoms with E-state index in [1.807, 2.05) is 12.1 Å². The molecule has 0 radical (unpaired) electrons. The van der Waals surface area contributed by atoms with Gasteiger partial charge in [0.15, 0.2) is 11.5 Å². The van der Waals surface area contributed by atoms with Gasteiger partial charge in [-0.15, -0.1) is 0 Å². The summed E-state index contributed by atoms with van der Waals surface area (Å²) in [6.07, 6.45) is 2.51. The van der Waals surface area contributed by atoms with E-state index in [9.17, 15) is 4.79 Å². The maximum absolute atomic E-state index is 10.6. The van der Waals surface area contributed by atoms with Gasteiger partial charge in [-0.3, -0.25) is 0 Å². The lowest BCUT2D eigenvalue weighted by atomic mass is 10.1. The van der Waals surface area contributed by atoms with Gasteiger partial charge in [-0.05, 0) is 29.8 Å². The number of methoxy groups -OCH3 is 1. The van der Waals surface area contributed by atoms with Gasteiger partial charge in [0.25, 0.3) is 0 Å². The van der Waals surface area contributed by atoms with Crippen LogP contribution in [-0.4, -0.2) is 18.2 Å². The van der Waals surface area contributed by atoms with Gasteiger partial charge < -0.3 is 14.6 Å². The molecule has 0 aliphatic heterocycles. The average Bonchev–Trinajstić information content (AvgIpc) is 2.59. The van der Waals surface area contributed by atoms with Gasteiger partial charge in [0.2, 0.25) is 0 Å². The van der Waals surface area contributed by atoms with Crippen molar-refractivity contribution in [2.45, 2.75) is 6.61 Å². The Labute approximate surface area is 147 Å². The summed E-state index contributed by atoms with van der Waals surface area (Å²) in [5, 5.41) is 17.8. The molecule has 122 valence electrons. The largest absolute Gasteiger partial charge is 0.493 e. The zero-order valence-electron chi connectivity index (χ0n) is 12.8. The zero-order chi connectivity index (χ0) is 17.5. The van der Waals surface area contributed by atoms with E-state index in [0.29, 0.717) is 27.1 Å². The average molecular weight is 388 g/mol. The standard InChI is InChI=1S/C18H14BrNO4/c1-23-16-8-12(6-7-18(21)22)15(19)9-17(16)24-11-14-5-3-2-4-13(14)10-20/h2-9H,11H2,1H3,(H,21,22)/b7-6+. The molecule has 0 atom stereocenters. The van der Waals surface area contributed by atoms with Gasteiger partial charge in [0, 0.05) is 16.1 Å². The van der Waals surface area contributed by atoms with Crippen molar-refractivity contribution < 1.29 is 19.4 Å². The van der Waals surface area contributed by atoms with Crippen LogP contribution in [0.5, 0.6) is 11.5 Å². The number of nitrogens with zero attached hydrogens (tertiary/aromatic N) is 1. The Balaban J connectivity index is 2.26. The topological polar surface area (TPSA) is 79.6 Å². The Kier molecular flexibility index (Phi) is 5.99.